The number of amides is 2. The number of carboxylic acids is 1. The van der Waals surface area contributed by atoms with Crippen LogP contribution in [0.5, 0.6) is 0 Å². The highest BCUT2D eigenvalue weighted by Gasteiger charge is 2.56. The Morgan fingerprint density at radius 2 is 1.88 bits per heavy atom. The summed E-state index contributed by atoms with van der Waals surface area (Å²) in [4.78, 5) is 43.7. The Morgan fingerprint density at radius 1 is 1.12 bits per heavy atom. The zero-order valence-corrected chi connectivity index (χ0v) is 19.0. The molecule has 2 unspecified atom stereocenters. The molecule has 7 nitrogen and oxygen atoms in total. The van der Waals surface area contributed by atoms with E-state index in [1.54, 1.807) is 5.41 Å². The van der Waals surface area contributed by atoms with Crippen LogP contribution in [-0.4, -0.2) is 50.2 Å². The van der Waals surface area contributed by atoms with Gasteiger partial charge in [-0.15, -0.1) is 23.1 Å². The van der Waals surface area contributed by atoms with E-state index in [1.165, 1.54) is 39.8 Å². The van der Waals surface area contributed by atoms with Crippen molar-refractivity contribution in [1.29, 1.82) is 0 Å². The van der Waals surface area contributed by atoms with Crippen molar-refractivity contribution in [2.24, 2.45) is 0 Å². The van der Waals surface area contributed by atoms with Crippen molar-refractivity contribution in [2.45, 2.75) is 28.2 Å². The summed E-state index contributed by atoms with van der Waals surface area (Å²) in [5.74, 6) is -1.75. The second kappa shape index (κ2) is 8.61. The first-order valence-corrected chi connectivity index (χ1v) is 12.4. The topological polar surface area (TPSA) is 99.6 Å². The van der Waals surface area contributed by atoms with Crippen LogP contribution >= 0.6 is 34.9 Å². The summed E-state index contributed by atoms with van der Waals surface area (Å²) >= 11 is 4.10. The molecule has 2 aromatic carbocycles. The number of carbonyl (C=O) groups is 3. The number of aromatic nitrogens is 1. The Labute approximate surface area is 195 Å². The van der Waals surface area contributed by atoms with Gasteiger partial charge in [0.15, 0.2) is 10.4 Å². The zero-order chi connectivity index (χ0) is 22.2. The van der Waals surface area contributed by atoms with Gasteiger partial charge in [-0.2, -0.15) is 0 Å². The van der Waals surface area contributed by atoms with E-state index >= 15 is 0 Å². The monoisotopic (exact) mass is 483 g/mol. The van der Waals surface area contributed by atoms with E-state index in [0.29, 0.717) is 4.91 Å². The molecule has 0 saturated carbocycles. The molecule has 1 saturated heterocycles. The highest BCUT2D eigenvalue weighted by Crippen LogP contribution is 2.46. The Balaban J connectivity index is 1.31. The second-order valence-electron chi connectivity index (χ2n) is 7.29. The summed E-state index contributed by atoms with van der Waals surface area (Å²) in [5, 5.41) is 14.0. The van der Waals surface area contributed by atoms with Crippen LogP contribution in [0.4, 0.5) is 0 Å². The number of hydrogen-bond acceptors (Lipinski definition) is 7. The molecule has 0 radical (unpaired) electrons. The van der Waals surface area contributed by atoms with Gasteiger partial charge in [-0.1, -0.05) is 54.2 Å². The van der Waals surface area contributed by atoms with Crippen molar-refractivity contribution in [3.05, 3.63) is 70.5 Å². The van der Waals surface area contributed by atoms with Gasteiger partial charge in [0, 0.05) is 4.91 Å². The first-order valence-electron chi connectivity index (χ1n) is 9.78. The number of hydrogen-bond donors (Lipinski definition) is 2. The number of para-hydroxylation sites is 1. The average molecular weight is 484 g/mol. The van der Waals surface area contributed by atoms with Crippen LogP contribution in [0.1, 0.15) is 5.56 Å². The summed E-state index contributed by atoms with van der Waals surface area (Å²) in [5.41, 5.74) is 1.71. The number of thioether (sulfide) groups is 2. The van der Waals surface area contributed by atoms with Crippen LogP contribution in [0.2, 0.25) is 0 Å². The first-order chi connectivity index (χ1) is 15.5. The van der Waals surface area contributed by atoms with Crippen LogP contribution in [0.3, 0.4) is 0 Å². The number of benzene rings is 2. The molecule has 1 fully saturated rings. The predicted octanol–water partition coefficient (Wildman–Crippen LogP) is 3.33. The lowest BCUT2D eigenvalue weighted by molar-refractivity contribution is -0.159. The third-order valence-electron chi connectivity index (χ3n) is 5.19. The summed E-state index contributed by atoms with van der Waals surface area (Å²) < 4.78 is 1.74. The van der Waals surface area contributed by atoms with Crippen molar-refractivity contribution in [3.8, 4) is 0 Å². The number of thiazole rings is 1. The van der Waals surface area contributed by atoms with Crippen molar-refractivity contribution in [2.75, 3.05) is 0 Å². The molecular formula is C22H17N3O4S3. The van der Waals surface area contributed by atoms with Gasteiger partial charge in [0.1, 0.15) is 11.4 Å². The van der Waals surface area contributed by atoms with Gasteiger partial charge < -0.3 is 15.3 Å². The summed E-state index contributed by atoms with van der Waals surface area (Å²) in [6.07, 6.45) is 0.166. The highest BCUT2D eigenvalue weighted by molar-refractivity contribution is 8.07. The Hall–Kier alpha value is -2.82. The van der Waals surface area contributed by atoms with E-state index in [2.05, 4.69) is 10.3 Å². The summed E-state index contributed by atoms with van der Waals surface area (Å²) in [7, 11) is 0. The number of nitrogens with one attached hydrogen (secondary N) is 1. The third kappa shape index (κ3) is 3.89. The van der Waals surface area contributed by atoms with Gasteiger partial charge in [0.2, 0.25) is 11.8 Å². The first kappa shape index (κ1) is 21.0. The van der Waals surface area contributed by atoms with Gasteiger partial charge in [-0.3, -0.25) is 9.59 Å². The maximum absolute atomic E-state index is 12.8. The fourth-order valence-electron chi connectivity index (χ4n) is 3.70. The number of rotatable bonds is 6. The van der Waals surface area contributed by atoms with Crippen LogP contribution < -0.4 is 5.32 Å². The van der Waals surface area contributed by atoms with Crippen LogP contribution in [0.25, 0.3) is 10.2 Å². The molecular weight excluding hydrogens is 466 g/mol. The Morgan fingerprint density at radius 3 is 2.62 bits per heavy atom. The van der Waals surface area contributed by atoms with Crippen molar-refractivity contribution in [3.63, 3.8) is 0 Å². The summed E-state index contributed by atoms with van der Waals surface area (Å²) in [6, 6.07) is 15.1. The largest absolute Gasteiger partial charge is 0.479 e. The van der Waals surface area contributed by atoms with Crippen LogP contribution in [0.15, 0.2) is 69.3 Å². The maximum atomic E-state index is 12.8. The van der Waals surface area contributed by atoms with E-state index in [1.807, 2.05) is 54.6 Å². The molecule has 2 N–H and O–H groups in total. The van der Waals surface area contributed by atoms with Gasteiger partial charge in [0.25, 0.3) is 0 Å². The molecule has 10 heteroatoms. The van der Waals surface area contributed by atoms with E-state index in [4.69, 9.17) is 0 Å². The molecule has 162 valence electrons. The van der Waals surface area contributed by atoms with Gasteiger partial charge in [-0.05, 0) is 23.1 Å². The molecule has 2 aliphatic heterocycles. The number of β-lactam (4-membered cyclic amide) rings is 1. The second-order valence-corrected chi connectivity index (χ2v) is 10.6. The van der Waals surface area contributed by atoms with E-state index in [-0.39, 0.29) is 18.2 Å². The Kier molecular flexibility index (Phi) is 5.66. The zero-order valence-electron chi connectivity index (χ0n) is 16.5. The fraction of sp³-hybridized carbons (Fsp3) is 0.182. The number of carbonyl (C=O) groups excluding carboxylic acids is 2. The predicted molar refractivity (Wildman–Crippen MR) is 125 cm³/mol. The maximum Gasteiger partial charge on any atom is 0.331 e. The number of carboxylic acid groups (broad SMARTS) is 1. The third-order valence-corrected chi connectivity index (χ3v) is 8.68. The van der Waals surface area contributed by atoms with Crippen molar-refractivity contribution >= 4 is 62.9 Å². The van der Waals surface area contributed by atoms with E-state index in [9.17, 15) is 19.5 Å². The lowest BCUT2D eigenvalue weighted by atomic mass is 10.0. The van der Waals surface area contributed by atoms with Crippen LogP contribution in [-0.2, 0) is 20.8 Å². The highest BCUT2D eigenvalue weighted by atomic mass is 32.2. The number of aliphatic carboxylic acids is 1. The standard InChI is InChI=1S/C22H17N3O4S3/c26-16(10-12-6-2-1-3-7-12)24-17-19(27)25-18(21(28)29)15(11-30-20(17)25)32-22-23-13-8-4-5-9-14(13)31-22/h1-9,11,17-18,20H,10H2,(H,24,26)(H,28,29)/t17?,18?,20-/m1/s1. The average Bonchev–Trinajstić information content (AvgIpc) is 3.20. The number of nitrogens with zero attached hydrogens (tertiary/aromatic N) is 2. The molecule has 3 aromatic rings. The smallest absolute Gasteiger partial charge is 0.331 e. The molecule has 0 bridgehead atoms. The minimum absolute atomic E-state index is 0.166. The molecule has 1 aromatic heterocycles. The minimum Gasteiger partial charge on any atom is -0.479 e. The molecule has 0 aliphatic carbocycles. The fourth-order valence-corrected chi connectivity index (χ4v) is 7.25. The summed E-state index contributed by atoms with van der Waals surface area (Å²) in [6.45, 7) is 0. The van der Waals surface area contributed by atoms with Crippen molar-refractivity contribution in [1.82, 2.24) is 15.2 Å². The Bertz CT molecular complexity index is 1210. The van der Waals surface area contributed by atoms with E-state index in [0.717, 1.165) is 20.1 Å². The van der Waals surface area contributed by atoms with Gasteiger partial charge >= 0.3 is 5.97 Å². The quantitative estimate of drug-likeness (QED) is 0.519. The molecule has 2 amide bonds. The van der Waals surface area contributed by atoms with Gasteiger partial charge in [0.05, 0.1) is 16.6 Å². The molecule has 3 atom stereocenters. The number of fused-ring (bicyclic) bond motifs is 2. The SMILES string of the molecule is O=C(Cc1ccccc1)NC1C(=O)N2C(C(=O)O)C(Sc3nc4ccccc4s3)=CS[C@H]12. The van der Waals surface area contributed by atoms with E-state index < -0.39 is 23.4 Å². The minimum atomic E-state index is -1.10. The van der Waals surface area contributed by atoms with Gasteiger partial charge in [-0.25, -0.2) is 9.78 Å². The van der Waals surface area contributed by atoms with Crippen molar-refractivity contribution < 1.29 is 19.5 Å². The molecule has 2 aliphatic rings. The molecule has 3 heterocycles. The molecule has 32 heavy (non-hydrogen) atoms. The molecule has 5 rings (SSSR count). The van der Waals surface area contributed by atoms with Crippen LogP contribution in [0, 0.1) is 0 Å². The molecule has 0 spiro atoms. The normalized spacial score (nSPS) is 22.1. The lowest BCUT2D eigenvalue weighted by Gasteiger charge is -2.51. The lowest BCUT2D eigenvalue weighted by Crippen LogP contribution is -2.73.